The van der Waals surface area contributed by atoms with Gasteiger partial charge in [-0.25, -0.2) is 0 Å². The van der Waals surface area contributed by atoms with Gasteiger partial charge in [0.15, 0.2) is 0 Å². The van der Waals surface area contributed by atoms with Crippen LogP contribution in [-0.4, -0.2) is 7.11 Å². The maximum absolute atomic E-state index is 8.51. The molecule has 0 saturated heterocycles. The second kappa shape index (κ2) is 5.64. The number of methoxy groups -OCH3 is 1. The average Bonchev–Trinajstić information content (AvgIpc) is 2.17. The van der Waals surface area contributed by atoms with Crippen molar-refractivity contribution >= 4 is 0 Å². The van der Waals surface area contributed by atoms with E-state index >= 15 is 0 Å². The van der Waals surface area contributed by atoms with Crippen LogP contribution < -0.4 is 0 Å². The third-order valence-corrected chi connectivity index (χ3v) is 2.67. The molecular formula is C11H17NO. The fraction of sp³-hybridized carbons (Fsp3) is 0.727. The van der Waals surface area contributed by atoms with Crippen molar-refractivity contribution in [2.24, 2.45) is 5.92 Å². The van der Waals surface area contributed by atoms with Gasteiger partial charge >= 0.3 is 0 Å². The molecule has 1 atom stereocenters. The van der Waals surface area contributed by atoms with Crippen LogP contribution in [0.25, 0.3) is 0 Å². The first kappa shape index (κ1) is 10.1. The Bertz CT molecular complexity index is 215. The zero-order valence-electron chi connectivity index (χ0n) is 8.25. The van der Waals surface area contributed by atoms with E-state index in [0.29, 0.717) is 12.3 Å². The smallest absolute Gasteiger partial charge is 0.0819 e. The van der Waals surface area contributed by atoms with Gasteiger partial charge in [-0.05, 0) is 37.2 Å². The molecule has 0 aromatic carbocycles. The summed E-state index contributed by atoms with van der Waals surface area (Å²) in [5, 5.41) is 8.51. The summed E-state index contributed by atoms with van der Waals surface area (Å²) in [5.41, 5.74) is 1.41. The van der Waals surface area contributed by atoms with Crippen LogP contribution in [0.1, 0.15) is 38.5 Å². The van der Waals surface area contributed by atoms with E-state index in [1.54, 1.807) is 7.11 Å². The Balaban J connectivity index is 2.47. The minimum Gasteiger partial charge on any atom is -0.504 e. The molecule has 0 heterocycles. The summed E-state index contributed by atoms with van der Waals surface area (Å²) in [4.78, 5) is 0. The lowest BCUT2D eigenvalue weighted by atomic mass is 9.82. The van der Waals surface area contributed by atoms with Gasteiger partial charge in [0.1, 0.15) is 0 Å². The van der Waals surface area contributed by atoms with Gasteiger partial charge in [0.2, 0.25) is 0 Å². The fourth-order valence-electron chi connectivity index (χ4n) is 1.98. The fourth-order valence-corrected chi connectivity index (χ4v) is 1.98. The molecule has 1 aliphatic rings. The predicted octanol–water partition coefficient (Wildman–Crippen LogP) is 3.01. The van der Waals surface area contributed by atoms with Crippen molar-refractivity contribution in [2.75, 3.05) is 7.11 Å². The van der Waals surface area contributed by atoms with E-state index in [1.165, 1.54) is 24.8 Å². The largest absolute Gasteiger partial charge is 0.504 e. The van der Waals surface area contributed by atoms with Crippen molar-refractivity contribution in [2.45, 2.75) is 38.5 Å². The second-order valence-corrected chi connectivity index (χ2v) is 3.57. The Kier molecular flexibility index (Phi) is 4.39. The van der Waals surface area contributed by atoms with Gasteiger partial charge in [-0.1, -0.05) is 6.42 Å². The molecule has 0 N–H and O–H groups in total. The lowest BCUT2D eigenvalue weighted by Crippen LogP contribution is -2.10. The summed E-state index contributed by atoms with van der Waals surface area (Å²) in [6, 6.07) is 2.21. The van der Waals surface area contributed by atoms with Crippen LogP contribution in [0.15, 0.2) is 11.8 Å². The van der Waals surface area contributed by atoms with Crippen LogP contribution in [-0.2, 0) is 4.74 Å². The minimum atomic E-state index is 0.605. The van der Waals surface area contributed by atoms with Crippen LogP contribution in [0.5, 0.6) is 0 Å². The van der Waals surface area contributed by atoms with E-state index in [-0.39, 0.29) is 0 Å². The molecule has 2 nitrogen and oxygen atoms in total. The molecule has 0 bridgehead atoms. The maximum Gasteiger partial charge on any atom is 0.0819 e. The van der Waals surface area contributed by atoms with Crippen LogP contribution in [0, 0.1) is 17.2 Å². The van der Waals surface area contributed by atoms with E-state index in [9.17, 15) is 0 Å². The third kappa shape index (κ3) is 3.10. The van der Waals surface area contributed by atoms with Crippen molar-refractivity contribution in [3.8, 4) is 6.07 Å². The number of nitrogens with zero attached hydrogens (tertiary/aromatic N) is 1. The highest BCUT2D eigenvalue weighted by Crippen LogP contribution is 2.32. The zero-order chi connectivity index (χ0) is 9.52. The Morgan fingerprint density at radius 3 is 3.15 bits per heavy atom. The second-order valence-electron chi connectivity index (χ2n) is 3.57. The van der Waals surface area contributed by atoms with E-state index in [1.807, 2.05) is 6.26 Å². The highest BCUT2D eigenvalue weighted by atomic mass is 16.5. The number of hydrogen-bond donors (Lipinski definition) is 0. The molecule has 1 unspecified atom stereocenters. The van der Waals surface area contributed by atoms with Gasteiger partial charge in [-0.2, -0.15) is 5.26 Å². The first-order valence-corrected chi connectivity index (χ1v) is 4.97. The lowest BCUT2D eigenvalue weighted by molar-refractivity contribution is 0.315. The molecule has 1 rings (SSSR count). The van der Waals surface area contributed by atoms with Gasteiger partial charge in [-0.15, -0.1) is 0 Å². The van der Waals surface area contributed by atoms with Crippen LogP contribution in [0.2, 0.25) is 0 Å². The number of nitriles is 1. The number of rotatable bonds is 3. The summed E-state index contributed by atoms with van der Waals surface area (Å²) in [7, 11) is 1.70. The van der Waals surface area contributed by atoms with Crippen molar-refractivity contribution in [3.63, 3.8) is 0 Å². The SMILES string of the molecule is COC=C1CCCCC1CCC#N. The highest BCUT2D eigenvalue weighted by molar-refractivity contribution is 5.06. The third-order valence-electron chi connectivity index (χ3n) is 2.67. The van der Waals surface area contributed by atoms with Gasteiger partial charge in [-0.3, -0.25) is 0 Å². The average molecular weight is 179 g/mol. The topological polar surface area (TPSA) is 33.0 Å². The molecule has 0 aromatic rings. The van der Waals surface area contributed by atoms with Crippen LogP contribution in [0.4, 0.5) is 0 Å². The van der Waals surface area contributed by atoms with Crippen LogP contribution >= 0.6 is 0 Å². The predicted molar refractivity (Wildman–Crippen MR) is 51.9 cm³/mol. The maximum atomic E-state index is 8.51. The van der Waals surface area contributed by atoms with Gasteiger partial charge < -0.3 is 4.74 Å². The van der Waals surface area contributed by atoms with Crippen LogP contribution in [0.3, 0.4) is 0 Å². The summed E-state index contributed by atoms with van der Waals surface area (Å²) in [5.74, 6) is 0.605. The molecule has 0 spiro atoms. The number of allylic oxidation sites excluding steroid dienone is 1. The molecular weight excluding hydrogens is 162 g/mol. The summed E-state index contributed by atoms with van der Waals surface area (Å²) < 4.78 is 5.05. The molecule has 2 heteroatoms. The molecule has 0 aliphatic heterocycles. The molecule has 1 fully saturated rings. The normalized spacial score (nSPS) is 25.5. The van der Waals surface area contributed by atoms with E-state index in [2.05, 4.69) is 6.07 Å². The van der Waals surface area contributed by atoms with Crippen molar-refractivity contribution < 1.29 is 4.74 Å². The van der Waals surface area contributed by atoms with Crippen molar-refractivity contribution in [1.29, 1.82) is 5.26 Å². The van der Waals surface area contributed by atoms with Crippen molar-refractivity contribution in [3.05, 3.63) is 11.8 Å². The molecule has 1 saturated carbocycles. The molecule has 0 radical (unpaired) electrons. The summed E-state index contributed by atoms with van der Waals surface area (Å²) in [6.45, 7) is 0. The monoisotopic (exact) mass is 179 g/mol. The van der Waals surface area contributed by atoms with Gasteiger partial charge in [0.05, 0.1) is 19.4 Å². The molecule has 0 aromatic heterocycles. The number of hydrogen-bond acceptors (Lipinski definition) is 2. The lowest BCUT2D eigenvalue weighted by Gasteiger charge is -2.23. The molecule has 0 amide bonds. The standard InChI is InChI=1S/C11H17NO/c1-13-9-11-6-3-2-5-10(11)7-4-8-12/h9-10H,2-7H2,1H3. The van der Waals surface area contributed by atoms with Crippen molar-refractivity contribution in [1.82, 2.24) is 0 Å². The Morgan fingerprint density at radius 1 is 1.62 bits per heavy atom. The van der Waals surface area contributed by atoms with E-state index < -0.39 is 0 Å². The Morgan fingerprint density at radius 2 is 2.46 bits per heavy atom. The number of ether oxygens (including phenoxy) is 1. The highest BCUT2D eigenvalue weighted by Gasteiger charge is 2.18. The molecule has 1 aliphatic carbocycles. The zero-order valence-corrected chi connectivity index (χ0v) is 8.25. The first-order valence-electron chi connectivity index (χ1n) is 4.97. The first-order chi connectivity index (χ1) is 6.38. The quantitative estimate of drug-likeness (QED) is 0.624. The summed E-state index contributed by atoms with van der Waals surface area (Å²) in [6.07, 6.45) is 8.52. The molecule has 13 heavy (non-hydrogen) atoms. The van der Waals surface area contributed by atoms with Gasteiger partial charge in [0, 0.05) is 6.42 Å². The van der Waals surface area contributed by atoms with E-state index in [0.717, 1.165) is 12.8 Å². The minimum absolute atomic E-state index is 0.605. The Labute approximate surface area is 80.2 Å². The summed E-state index contributed by atoms with van der Waals surface area (Å²) >= 11 is 0. The van der Waals surface area contributed by atoms with E-state index in [4.69, 9.17) is 10.00 Å². The molecule has 72 valence electrons. The van der Waals surface area contributed by atoms with Gasteiger partial charge in [0.25, 0.3) is 0 Å². The Hall–Kier alpha value is -0.970.